The van der Waals surface area contributed by atoms with E-state index in [4.69, 9.17) is 10.6 Å². The van der Waals surface area contributed by atoms with Crippen LogP contribution in [-0.4, -0.2) is 18.0 Å². The van der Waals surface area contributed by atoms with Crippen LogP contribution in [0.3, 0.4) is 0 Å². The molecule has 3 N–H and O–H groups in total. The minimum atomic E-state index is -0.731. The van der Waals surface area contributed by atoms with Gasteiger partial charge < -0.3 is 10.6 Å². The van der Waals surface area contributed by atoms with E-state index in [9.17, 15) is 4.79 Å². The summed E-state index contributed by atoms with van der Waals surface area (Å²) in [5.74, 6) is 0. The Morgan fingerprint density at radius 2 is 1.65 bits per heavy atom. The molecule has 0 aromatic heterocycles. The van der Waals surface area contributed by atoms with Gasteiger partial charge in [0.25, 0.3) is 0 Å². The molecule has 0 heterocycles. The van der Waals surface area contributed by atoms with Crippen LogP contribution in [-0.2, 0) is 17.9 Å². The maximum absolute atomic E-state index is 10.7. The smallest absolute Gasteiger partial charge is 0.332 e. The van der Waals surface area contributed by atoms with Gasteiger partial charge in [-0.2, -0.15) is 5.10 Å². The second kappa shape index (κ2) is 8.99. The number of hydrazone groups is 1. The lowest BCUT2D eigenvalue weighted by Crippen LogP contribution is -2.25. The van der Waals surface area contributed by atoms with Gasteiger partial charge in [-0.15, -0.1) is 0 Å². The van der Waals surface area contributed by atoms with Crippen LogP contribution in [0.2, 0.25) is 0 Å². The standard InChI is InChI=1S/C17H18N4O2/c18-17(22)20-19-12-16(11-14-7-3-1-4-8-14)21-23-13-15-9-5-2-6-10-15/h1-10,12H,11,13H2,(H3,18,20,22)/b19-12+,21-16+. The zero-order valence-corrected chi connectivity index (χ0v) is 12.6. The van der Waals surface area contributed by atoms with Crippen molar-refractivity contribution < 1.29 is 9.63 Å². The Labute approximate surface area is 134 Å². The number of hydrogen-bond acceptors (Lipinski definition) is 4. The largest absolute Gasteiger partial charge is 0.391 e. The third-order valence-electron chi connectivity index (χ3n) is 2.87. The summed E-state index contributed by atoms with van der Waals surface area (Å²) in [6.07, 6.45) is 1.95. The van der Waals surface area contributed by atoms with Gasteiger partial charge in [-0.1, -0.05) is 65.8 Å². The number of urea groups is 1. The molecule has 0 saturated carbocycles. The van der Waals surface area contributed by atoms with Gasteiger partial charge in [0, 0.05) is 6.42 Å². The van der Waals surface area contributed by atoms with Crippen molar-refractivity contribution in [3.05, 3.63) is 71.8 Å². The molecule has 0 spiro atoms. The summed E-state index contributed by atoms with van der Waals surface area (Å²) in [5.41, 5.74) is 9.76. The molecule has 118 valence electrons. The fourth-order valence-corrected chi connectivity index (χ4v) is 1.84. The zero-order chi connectivity index (χ0) is 16.3. The van der Waals surface area contributed by atoms with Gasteiger partial charge in [0.15, 0.2) is 0 Å². The summed E-state index contributed by atoms with van der Waals surface area (Å²) in [6, 6.07) is 18.8. The number of carbonyl (C=O) groups is 1. The van der Waals surface area contributed by atoms with Crippen LogP contribution in [0.1, 0.15) is 11.1 Å². The molecule has 2 amide bonds. The lowest BCUT2D eigenvalue weighted by atomic mass is 10.1. The molecule has 0 aliphatic carbocycles. The molecule has 0 saturated heterocycles. The first kappa shape index (κ1) is 16.2. The highest BCUT2D eigenvalue weighted by Gasteiger charge is 2.01. The highest BCUT2D eigenvalue weighted by atomic mass is 16.6. The van der Waals surface area contributed by atoms with E-state index in [1.807, 2.05) is 60.7 Å². The molecule has 2 aromatic rings. The summed E-state index contributed by atoms with van der Waals surface area (Å²) < 4.78 is 0. The van der Waals surface area contributed by atoms with Crippen molar-refractivity contribution in [2.24, 2.45) is 16.0 Å². The molecule has 23 heavy (non-hydrogen) atoms. The van der Waals surface area contributed by atoms with Gasteiger partial charge in [0.05, 0.1) is 6.21 Å². The first-order valence-electron chi connectivity index (χ1n) is 7.09. The molecule has 2 rings (SSSR count). The van der Waals surface area contributed by atoms with E-state index in [0.29, 0.717) is 18.7 Å². The summed E-state index contributed by atoms with van der Waals surface area (Å²) in [5, 5.41) is 7.82. The number of carbonyl (C=O) groups excluding carboxylic acids is 1. The normalized spacial score (nSPS) is 11.4. The van der Waals surface area contributed by atoms with Crippen molar-refractivity contribution in [3.63, 3.8) is 0 Å². The van der Waals surface area contributed by atoms with Gasteiger partial charge in [0.2, 0.25) is 0 Å². The Kier molecular flexibility index (Phi) is 6.34. The number of nitrogens with one attached hydrogen (secondary N) is 1. The number of amides is 2. The van der Waals surface area contributed by atoms with Gasteiger partial charge >= 0.3 is 6.03 Å². The van der Waals surface area contributed by atoms with Crippen LogP contribution in [0.15, 0.2) is 70.9 Å². The first-order valence-corrected chi connectivity index (χ1v) is 7.09. The van der Waals surface area contributed by atoms with Gasteiger partial charge in [-0.25, -0.2) is 10.2 Å². The number of benzene rings is 2. The van der Waals surface area contributed by atoms with Crippen molar-refractivity contribution in [2.45, 2.75) is 13.0 Å². The minimum Gasteiger partial charge on any atom is -0.391 e. The minimum absolute atomic E-state index is 0.357. The molecule has 0 unspecified atom stereocenters. The topological polar surface area (TPSA) is 89.1 Å². The first-order chi connectivity index (χ1) is 11.2. The molecular weight excluding hydrogens is 292 g/mol. The Morgan fingerprint density at radius 3 is 2.26 bits per heavy atom. The van der Waals surface area contributed by atoms with Gasteiger partial charge in [0.1, 0.15) is 12.3 Å². The van der Waals surface area contributed by atoms with E-state index in [0.717, 1.165) is 11.1 Å². The summed E-state index contributed by atoms with van der Waals surface area (Å²) in [6.45, 7) is 0.357. The highest BCUT2D eigenvalue weighted by molar-refractivity contribution is 6.31. The predicted molar refractivity (Wildman–Crippen MR) is 90.0 cm³/mol. The Morgan fingerprint density at radius 1 is 1.04 bits per heavy atom. The maximum atomic E-state index is 10.7. The van der Waals surface area contributed by atoms with E-state index in [1.165, 1.54) is 6.21 Å². The lowest BCUT2D eigenvalue weighted by Gasteiger charge is -2.03. The summed E-state index contributed by atoms with van der Waals surface area (Å²) in [4.78, 5) is 16.0. The molecule has 2 aromatic carbocycles. The number of oxime groups is 1. The van der Waals surface area contributed by atoms with Gasteiger partial charge in [-0.05, 0) is 11.1 Å². The third kappa shape index (κ3) is 6.43. The molecule has 6 nitrogen and oxygen atoms in total. The highest BCUT2D eigenvalue weighted by Crippen LogP contribution is 2.03. The lowest BCUT2D eigenvalue weighted by molar-refractivity contribution is 0.131. The second-order valence-electron chi connectivity index (χ2n) is 4.74. The quantitative estimate of drug-likeness (QED) is 0.607. The van der Waals surface area contributed by atoms with Crippen molar-refractivity contribution in [3.8, 4) is 0 Å². The van der Waals surface area contributed by atoms with E-state index in [1.54, 1.807) is 0 Å². The van der Waals surface area contributed by atoms with E-state index in [-0.39, 0.29) is 0 Å². The summed E-state index contributed by atoms with van der Waals surface area (Å²) in [7, 11) is 0. The molecule has 0 radical (unpaired) electrons. The fourth-order valence-electron chi connectivity index (χ4n) is 1.84. The van der Waals surface area contributed by atoms with E-state index >= 15 is 0 Å². The average Bonchev–Trinajstić information content (AvgIpc) is 2.56. The predicted octanol–water partition coefficient (Wildman–Crippen LogP) is 2.46. The van der Waals surface area contributed by atoms with Crippen molar-refractivity contribution in [1.82, 2.24) is 5.43 Å². The zero-order valence-electron chi connectivity index (χ0n) is 12.6. The SMILES string of the molecule is NC(=O)N/N=C/C(Cc1ccccc1)=N/OCc1ccccc1. The van der Waals surface area contributed by atoms with Crippen LogP contribution in [0.4, 0.5) is 4.79 Å². The number of hydrogen-bond donors (Lipinski definition) is 2. The third-order valence-corrected chi connectivity index (χ3v) is 2.87. The fraction of sp³-hybridized carbons (Fsp3) is 0.118. The van der Waals surface area contributed by atoms with E-state index in [2.05, 4.69) is 15.7 Å². The van der Waals surface area contributed by atoms with Gasteiger partial charge in [-0.3, -0.25) is 0 Å². The number of rotatable bonds is 7. The molecule has 0 aliphatic heterocycles. The Balaban J connectivity index is 2.01. The maximum Gasteiger partial charge on any atom is 0.332 e. The number of primary amides is 1. The molecule has 0 aliphatic rings. The molecule has 6 heteroatoms. The van der Waals surface area contributed by atoms with Crippen molar-refractivity contribution in [1.29, 1.82) is 0 Å². The van der Waals surface area contributed by atoms with Crippen molar-refractivity contribution >= 4 is 18.0 Å². The molecule has 0 fully saturated rings. The van der Waals surface area contributed by atoms with Crippen LogP contribution in [0.5, 0.6) is 0 Å². The monoisotopic (exact) mass is 310 g/mol. The summed E-state index contributed by atoms with van der Waals surface area (Å²) >= 11 is 0. The Bertz CT molecular complexity index is 670. The molecule has 0 bridgehead atoms. The van der Waals surface area contributed by atoms with Crippen LogP contribution < -0.4 is 11.2 Å². The average molecular weight is 310 g/mol. The van der Waals surface area contributed by atoms with Crippen LogP contribution in [0, 0.1) is 0 Å². The number of nitrogens with zero attached hydrogens (tertiary/aromatic N) is 2. The molecule has 0 atom stereocenters. The van der Waals surface area contributed by atoms with E-state index < -0.39 is 6.03 Å². The Hall–Kier alpha value is -3.15. The van der Waals surface area contributed by atoms with Crippen LogP contribution in [0.25, 0.3) is 0 Å². The number of nitrogens with two attached hydrogens (primary N) is 1. The molecular formula is C17H18N4O2. The second-order valence-corrected chi connectivity index (χ2v) is 4.74. The van der Waals surface area contributed by atoms with Crippen molar-refractivity contribution in [2.75, 3.05) is 0 Å². The van der Waals surface area contributed by atoms with Crippen LogP contribution >= 0.6 is 0 Å².